The molecule has 32 heavy (non-hydrogen) atoms. The van der Waals surface area contributed by atoms with Crippen LogP contribution < -0.4 is 5.32 Å². The van der Waals surface area contributed by atoms with E-state index in [1.165, 1.54) is 24.4 Å². The Morgan fingerprint density at radius 3 is 2.56 bits per heavy atom. The van der Waals surface area contributed by atoms with Crippen LogP contribution in [0.2, 0.25) is 0 Å². The van der Waals surface area contributed by atoms with Gasteiger partial charge in [0.15, 0.2) is 5.78 Å². The number of ketones is 1. The predicted molar refractivity (Wildman–Crippen MR) is 116 cm³/mol. The molecule has 1 aliphatic rings. The number of esters is 1. The molecule has 174 valence electrons. The van der Waals surface area contributed by atoms with E-state index >= 15 is 0 Å². The lowest BCUT2D eigenvalue weighted by Gasteiger charge is -2.25. The molecule has 1 saturated heterocycles. The number of H-pyrrole nitrogens is 1. The van der Waals surface area contributed by atoms with Gasteiger partial charge in [-0.25, -0.2) is 13.2 Å². The van der Waals surface area contributed by atoms with Crippen LogP contribution in [0.5, 0.6) is 0 Å². The fraction of sp³-hybridized carbons (Fsp3) is 0.450. The summed E-state index contributed by atoms with van der Waals surface area (Å²) in [6, 6.07) is 3.19. The first-order valence-electron chi connectivity index (χ1n) is 9.89. The van der Waals surface area contributed by atoms with E-state index in [9.17, 15) is 22.8 Å². The number of carbonyl (C=O) groups is 3. The molecule has 2 aromatic heterocycles. The Bertz CT molecular complexity index is 1130. The summed E-state index contributed by atoms with van der Waals surface area (Å²) in [5, 5.41) is 2.72. The van der Waals surface area contributed by atoms with Gasteiger partial charge in [0.2, 0.25) is 5.91 Å². The van der Waals surface area contributed by atoms with Crippen LogP contribution in [0.4, 0.5) is 0 Å². The van der Waals surface area contributed by atoms with E-state index in [0.717, 1.165) is 11.3 Å². The summed E-state index contributed by atoms with van der Waals surface area (Å²) in [6.07, 6.45) is -0.164. The third-order valence-corrected chi connectivity index (χ3v) is 8.52. The summed E-state index contributed by atoms with van der Waals surface area (Å²) < 4.78 is 37.0. The number of nitrogens with zero attached hydrogens (tertiary/aromatic N) is 1. The number of sulfonamides is 1. The molecular formula is C20H25N3O7S2. The van der Waals surface area contributed by atoms with Crippen molar-refractivity contribution in [2.75, 3.05) is 33.4 Å². The van der Waals surface area contributed by atoms with Crippen molar-refractivity contribution >= 4 is 39.0 Å². The van der Waals surface area contributed by atoms with Gasteiger partial charge in [0.25, 0.3) is 10.0 Å². The highest BCUT2D eigenvalue weighted by molar-refractivity contribution is 7.91. The van der Waals surface area contributed by atoms with E-state index in [1.807, 2.05) is 0 Å². The van der Waals surface area contributed by atoms with Crippen LogP contribution in [0.3, 0.4) is 0 Å². The second-order valence-electron chi connectivity index (χ2n) is 7.22. The van der Waals surface area contributed by atoms with Crippen molar-refractivity contribution in [3.8, 4) is 0 Å². The predicted octanol–water partition coefficient (Wildman–Crippen LogP) is 1.25. The van der Waals surface area contributed by atoms with Gasteiger partial charge in [-0.15, -0.1) is 11.3 Å². The van der Waals surface area contributed by atoms with Crippen molar-refractivity contribution in [3.63, 3.8) is 0 Å². The second-order valence-corrected chi connectivity index (χ2v) is 10.6. The fourth-order valence-electron chi connectivity index (χ4n) is 3.44. The molecule has 12 heteroatoms. The molecule has 3 heterocycles. The van der Waals surface area contributed by atoms with Gasteiger partial charge in [0.1, 0.15) is 4.21 Å². The van der Waals surface area contributed by atoms with Crippen molar-refractivity contribution in [1.82, 2.24) is 14.6 Å². The monoisotopic (exact) mass is 483 g/mol. The largest absolute Gasteiger partial charge is 0.465 e. The van der Waals surface area contributed by atoms with Crippen LogP contribution in [0.1, 0.15) is 43.9 Å². The summed E-state index contributed by atoms with van der Waals surface area (Å²) >= 11 is 1.09. The molecule has 1 aliphatic heterocycles. The average Bonchev–Trinajstić information content (AvgIpc) is 3.37. The summed E-state index contributed by atoms with van der Waals surface area (Å²) in [5.41, 5.74) is 1.15. The Morgan fingerprint density at radius 1 is 1.25 bits per heavy atom. The normalized spacial score (nSPS) is 14.8. The lowest BCUT2D eigenvalue weighted by molar-refractivity contribution is -0.120. The Labute approximate surface area is 189 Å². The van der Waals surface area contributed by atoms with Crippen LogP contribution in [0.15, 0.2) is 16.3 Å². The smallest absolute Gasteiger partial charge is 0.339 e. The van der Waals surface area contributed by atoms with Gasteiger partial charge in [-0.05, 0) is 24.6 Å². The standard InChI is InChI=1S/C20H25N3O7S2/c1-12-18(20(26)29-3)15(22-19(12)13(2)24)10-16(25)21-11-14-4-5-17(31-14)32(27,28)23-6-8-30-9-7-23/h4-5,22H,6-11H2,1-3H3,(H,21,25). The van der Waals surface area contributed by atoms with Gasteiger partial charge in [-0.2, -0.15) is 4.31 Å². The van der Waals surface area contributed by atoms with Crippen molar-refractivity contribution in [2.45, 2.75) is 31.0 Å². The molecule has 2 N–H and O–H groups in total. The van der Waals surface area contributed by atoms with E-state index in [0.29, 0.717) is 42.4 Å². The molecule has 0 radical (unpaired) electrons. The van der Waals surface area contributed by atoms with Crippen LogP contribution >= 0.6 is 11.3 Å². The molecule has 0 spiro atoms. The van der Waals surface area contributed by atoms with Gasteiger partial charge in [-0.3, -0.25) is 9.59 Å². The van der Waals surface area contributed by atoms with Crippen LogP contribution in [0.25, 0.3) is 0 Å². The number of thiophene rings is 1. The highest BCUT2D eigenvalue weighted by atomic mass is 32.2. The lowest BCUT2D eigenvalue weighted by Crippen LogP contribution is -2.40. The number of ether oxygens (including phenoxy) is 2. The second kappa shape index (κ2) is 9.94. The third kappa shape index (κ3) is 5.09. The van der Waals surface area contributed by atoms with Crippen molar-refractivity contribution in [3.05, 3.63) is 39.5 Å². The molecule has 1 fully saturated rings. The highest BCUT2D eigenvalue weighted by Gasteiger charge is 2.28. The number of amides is 1. The molecule has 0 atom stereocenters. The molecule has 3 rings (SSSR count). The molecule has 0 saturated carbocycles. The summed E-state index contributed by atoms with van der Waals surface area (Å²) in [7, 11) is -2.36. The van der Waals surface area contributed by atoms with E-state index in [2.05, 4.69) is 10.3 Å². The highest BCUT2D eigenvalue weighted by Crippen LogP contribution is 2.26. The molecule has 0 bridgehead atoms. The molecular weight excluding hydrogens is 458 g/mol. The minimum absolute atomic E-state index is 0.134. The summed E-state index contributed by atoms with van der Waals surface area (Å²) in [5.74, 6) is -1.28. The first-order chi connectivity index (χ1) is 15.1. The number of carbonyl (C=O) groups excluding carboxylic acids is 3. The quantitative estimate of drug-likeness (QED) is 0.426. The molecule has 0 unspecified atom stereocenters. The number of methoxy groups -OCH3 is 1. The minimum atomic E-state index is -3.59. The number of Topliss-reactive ketones (excluding diaryl/α,β-unsaturated/α-hetero) is 1. The zero-order valence-electron chi connectivity index (χ0n) is 18.0. The lowest BCUT2D eigenvalue weighted by atomic mass is 10.1. The van der Waals surface area contributed by atoms with E-state index in [4.69, 9.17) is 9.47 Å². The number of aromatic nitrogens is 1. The molecule has 1 amide bonds. The fourth-order valence-corrected chi connectivity index (χ4v) is 6.29. The first kappa shape index (κ1) is 24.1. The van der Waals surface area contributed by atoms with Crippen molar-refractivity contribution in [2.24, 2.45) is 0 Å². The van der Waals surface area contributed by atoms with Gasteiger partial charge < -0.3 is 19.8 Å². The minimum Gasteiger partial charge on any atom is -0.465 e. The number of nitrogens with one attached hydrogen (secondary N) is 2. The zero-order chi connectivity index (χ0) is 23.5. The number of morpholine rings is 1. The molecule has 10 nitrogen and oxygen atoms in total. The number of aromatic amines is 1. The topological polar surface area (TPSA) is 135 Å². The molecule has 2 aromatic rings. The summed E-state index contributed by atoms with van der Waals surface area (Å²) in [6.45, 7) is 4.47. The Hall–Kier alpha value is -2.54. The number of hydrogen-bond donors (Lipinski definition) is 2. The molecule has 0 aliphatic carbocycles. The van der Waals surface area contributed by atoms with Gasteiger partial charge >= 0.3 is 5.97 Å². The average molecular weight is 484 g/mol. The first-order valence-corrected chi connectivity index (χ1v) is 12.1. The van der Waals surface area contributed by atoms with E-state index in [-0.39, 0.29) is 34.2 Å². The van der Waals surface area contributed by atoms with Gasteiger partial charge in [-0.1, -0.05) is 0 Å². The maximum absolute atomic E-state index is 12.7. The third-order valence-electron chi connectivity index (χ3n) is 5.07. The van der Waals surface area contributed by atoms with Crippen LogP contribution in [-0.2, 0) is 37.3 Å². The van der Waals surface area contributed by atoms with Crippen molar-refractivity contribution in [1.29, 1.82) is 0 Å². The molecule has 0 aromatic carbocycles. The maximum atomic E-state index is 12.7. The maximum Gasteiger partial charge on any atom is 0.339 e. The van der Waals surface area contributed by atoms with Crippen LogP contribution in [0, 0.1) is 6.92 Å². The zero-order valence-corrected chi connectivity index (χ0v) is 19.7. The van der Waals surface area contributed by atoms with Gasteiger partial charge in [0.05, 0.1) is 44.5 Å². The van der Waals surface area contributed by atoms with Gasteiger partial charge in [0, 0.05) is 30.6 Å². The van der Waals surface area contributed by atoms with E-state index < -0.39 is 21.9 Å². The van der Waals surface area contributed by atoms with E-state index in [1.54, 1.807) is 13.0 Å². The Morgan fingerprint density at radius 2 is 1.94 bits per heavy atom. The Balaban J connectivity index is 1.67. The van der Waals surface area contributed by atoms with Crippen LogP contribution in [-0.4, -0.2) is 68.8 Å². The SMILES string of the molecule is COC(=O)c1c(CC(=O)NCc2ccc(S(=O)(=O)N3CCOCC3)s2)[nH]c(C(C)=O)c1C. The number of hydrogen-bond acceptors (Lipinski definition) is 8. The van der Waals surface area contributed by atoms with Crippen molar-refractivity contribution < 1.29 is 32.3 Å². The Kier molecular flexibility index (Phi) is 7.49. The summed E-state index contributed by atoms with van der Waals surface area (Å²) in [4.78, 5) is 39.9. The number of rotatable bonds is 8.